The number of hydrogen-bond donors (Lipinski definition) is 1. The maximum atomic E-state index is 4.58. The van der Waals surface area contributed by atoms with E-state index >= 15 is 0 Å². The number of nitrogens with one attached hydrogen (secondary N) is 1. The third-order valence-corrected chi connectivity index (χ3v) is 4.09. The topological polar surface area (TPSA) is 29.3 Å². The first-order valence-electron chi connectivity index (χ1n) is 6.58. The summed E-state index contributed by atoms with van der Waals surface area (Å²) < 4.78 is 3.21. The molecule has 3 aromatic rings. The molecule has 0 atom stereocenters. The van der Waals surface area contributed by atoms with Crippen LogP contribution in [0.25, 0.3) is 5.65 Å². The molecule has 0 aliphatic carbocycles. The Morgan fingerprint density at radius 1 is 1.20 bits per heavy atom. The molecule has 20 heavy (non-hydrogen) atoms. The average molecular weight is 330 g/mol. The third-order valence-electron chi connectivity index (χ3n) is 3.40. The number of hydrogen-bond acceptors (Lipinski definition) is 2. The van der Waals surface area contributed by atoms with Crippen LogP contribution in [0.2, 0.25) is 0 Å². The molecule has 0 aliphatic rings. The Morgan fingerprint density at radius 2 is 2.05 bits per heavy atom. The van der Waals surface area contributed by atoms with E-state index in [0.717, 1.165) is 28.0 Å². The summed E-state index contributed by atoms with van der Waals surface area (Å²) in [6.07, 6.45) is 2.05. The Morgan fingerprint density at radius 3 is 2.90 bits per heavy atom. The molecule has 0 saturated heterocycles. The Balaban J connectivity index is 1.90. The Kier molecular flexibility index (Phi) is 3.49. The molecule has 0 unspecified atom stereocenters. The predicted octanol–water partition coefficient (Wildman–Crippen LogP) is 4.33. The summed E-state index contributed by atoms with van der Waals surface area (Å²) >= 11 is 3.58. The van der Waals surface area contributed by atoms with Gasteiger partial charge >= 0.3 is 0 Å². The van der Waals surface area contributed by atoms with E-state index in [1.54, 1.807) is 0 Å². The molecule has 0 fully saturated rings. The van der Waals surface area contributed by atoms with Gasteiger partial charge in [0.05, 0.1) is 17.9 Å². The largest absolute Gasteiger partial charge is 0.378 e. The minimum Gasteiger partial charge on any atom is -0.378 e. The van der Waals surface area contributed by atoms with Crippen LogP contribution in [-0.4, -0.2) is 9.38 Å². The molecular formula is C16H16BrN3. The van der Waals surface area contributed by atoms with Crippen molar-refractivity contribution in [3.8, 4) is 0 Å². The van der Waals surface area contributed by atoms with Gasteiger partial charge in [-0.1, -0.05) is 12.1 Å². The summed E-state index contributed by atoms with van der Waals surface area (Å²) in [6.45, 7) is 4.89. The highest BCUT2D eigenvalue weighted by atomic mass is 79.9. The fourth-order valence-electron chi connectivity index (χ4n) is 2.33. The van der Waals surface area contributed by atoms with Gasteiger partial charge in [0, 0.05) is 16.4 Å². The molecule has 0 amide bonds. The minimum atomic E-state index is 0.749. The molecule has 3 nitrogen and oxygen atoms in total. The van der Waals surface area contributed by atoms with E-state index < -0.39 is 0 Å². The van der Waals surface area contributed by atoms with Gasteiger partial charge in [-0.3, -0.25) is 0 Å². The molecule has 0 spiro atoms. The van der Waals surface area contributed by atoms with E-state index in [9.17, 15) is 0 Å². The number of aromatic nitrogens is 2. The van der Waals surface area contributed by atoms with E-state index in [4.69, 9.17) is 0 Å². The van der Waals surface area contributed by atoms with Crippen LogP contribution in [-0.2, 0) is 6.54 Å². The van der Waals surface area contributed by atoms with Gasteiger partial charge in [0.2, 0.25) is 0 Å². The number of rotatable bonds is 3. The van der Waals surface area contributed by atoms with Crippen LogP contribution in [0.5, 0.6) is 0 Å². The molecule has 2 aromatic heterocycles. The number of nitrogens with zero attached hydrogens (tertiary/aromatic N) is 2. The molecule has 0 radical (unpaired) electrons. The number of anilines is 1. The summed E-state index contributed by atoms with van der Waals surface area (Å²) in [7, 11) is 0. The molecule has 4 heteroatoms. The highest BCUT2D eigenvalue weighted by Gasteiger charge is 2.08. The fraction of sp³-hybridized carbons (Fsp3) is 0.188. The van der Waals surface area contributed by atoms with Crippen molar-refractivity contribution in [1.82, 2.24) is 9.38 Å². The highest BCUT2D eigenvalue weighted by molar-refractivity contribution is 9.10. The fourth-order valence-corrected chi connectivity index (χ4v) is 2.72. The molecular weight excluding hydrogens is 314 g/mol. The number of imidazole rings is 1. The van der Waals surface area contributed by atoms with Gasteiger partial charge in [0.1, 0.15) is 5.65 Å². The van der Waals surface area contributed by atoms with Gasteiger partial charge in [0.25, 0.3) is 0 Å². The zero-order valence-electron chi connectivity index (χ0n) is 11.5. The van der Waals surface area contributed by atoms with Gasteiger partial charge in [-0.05, 0) is 59.6 Å². The zero-order chi connectivity index (χ0) is 14.1. The van der Waals surface area contributed by atoms with Crippen LogP contribution >= 0.6 is 15.9 Å². The third kappa shape index (κ3) is 2.43. The van der Waals surface area contributed by atoms with E-state index in [1.165, 1.54) is 11.3 Å². The van der Waals surface area contributed by atoms with E-state index in [-0.39, 0.29) is 0 Å². The molecule has 1 aromatic carbocycles. The van der Waals surface area contributed by atoms with Gasteiger partial charge < -0.3 is 9.72 Å². The molecule has 2 heterocycles. The van der Waals surface area contributed by atoms with Crippen molar-refractivity contribution >= 4 is 27.3 Å². The van der Waals surface area contributed by atoms with Crippen LogP contribution in [0.1, 0.15) is 17.0 Å². The molecule has 0 bridgehead atoms. The van der Waals surface area contributed by atoms with Crippen LogP contribution < -0.4 is 5.32 Å². The normalized spacial score (nSPS) is 10.9. The number of fused-ring (bicyclic) bond motifs is 1. The van der Waals surface area contributed by atoms with Crippen LogP contribution in [0, 0.1) is 13.8 Å². The summed E-state index contributed by atoms with van der Waals surface area (Å²) in [5.41, 5.74) is 5.59. The smallest absolute Gasteiger partial charge is 0.137 e. The van der Waals surface area contributed by atoms with Gasteiger partial charge in [0.15, 0.2) is 0 Å². The highest BCUT2D eigenvalue weighted by Crippen LogP contribution is 2.24. The van der Waals surface area contributed by atoms with Crippen molar-refractivity contribution < 1.29 is 0 Å². The molecule has 3 rings (SSSR count). The second-order valence-electron chi connectivity index (χ2n) is 4.91. The van der Waals surface area contributed by atoms with Crippen molar-refractivity contribution in [3.63, 3.8) is 0 Å². The van der Waals surface area contributed by atoms with Crippen molar-refractivity contribution in [2.24, 2.45) is 0 Å². The van der Waals surface area contributed by atoms with Crippen LogP contribution in [0.4, 0.5) is 5.69 Å². The molecule has 102 valence electrons. The quantitative estimate of drug-likeness (QED) is 0.775. The molecule has 0 saturated carbocycles. The van der Waals surface area contributed by atoms with Crippen molar-refractivity contribution in [2.75, 3.05) is 5.32 Å². The summed E-state index contributed by atoms with van der Waals surface area (Å²) in [5, 5.41) is 3.48. The van der Waals surface area contributed by atoms with Gasteiger partial charge in [-0.2, -0.15) is 0 Å². The molecule has 0 aliphatic heterocycles. The lowest BCUT2D eigenvalue weighted by Crippen LogP contribution is -2.04. The standard InChI is InChI=1S/C16H16BrN3/c1-11-6-7-13(17)14(9-11)18-10-15-12(2)19-16-5-3-4-8-20(15)16/h3-9,18H,10H2,1-2H3. The summed E-state index contributed by atoms with van der Waals surface area (Å²) in [6, 6.07) is 12.4. The predicted molar refractivity (Wildman–Crippen MR) is 86.1 cm³/mol. The van der Waals surface area contributed by atoms with Crippen LogP contribution in [0.15, 0.2) is 47.1 Å². The van der Waals surface area contributed by atoms with Crippen LogP contribution in [0.3, 0.4) is 0 Å². The lowest BCUT2D eigenvalue weighted by atomic mass is 10.2. The first-order chi connectivity index (χ1) is 9.65. The maximum Gasteiger partial charge on any atom is 0.137 e. The zero-order valence-corrected chi connectivity index (χ0v) is 13.1. The maximum absolute atomic E-state index is 4.58. The Hall–Kier alpha value is -1.81. The Labute approximate surface area is 126 Å². The van der Waals surface area contributed by atoms with E-state index in [1.807, 2.05) is 18.2 Å². The van der Waals surface area contributed by atoms with Crippen molar-refractivity contribution in [2.45, 2.75) is 20.4 Å². The SMILES string of the molecule is Cc1ccc(Br)c(NCc2c(C)nc3ccccn23)c1. The first-order valence-corrected chi connectivity index (χ1v) is 7.37. The second-order valence-corrected chi connectivity index (χ2v) is 5.76. The first kappa shape index (κ1) is 13.2. The average Bonchev–Trinajstić information content (AvgIpc) is 2.75. The minimum absolute atomic E-state index is 0.749. The lowest BCUT2D eigenvalue weighted by Gasteiger charge is -2.10. The van der Waals surface area contributed by atoms with Gasteiger partial charge in [-0.25, -0.2) is 4.98 Å². The number of benzene rings is 1. The summed E-state index contributed by atoms with van der Waals surface area (Å²) in [4.78, 5) is 4.58. The monoisotopic (exact) mass is 329 g/mol. The second kappa shape index (κ2) is 5.29. The van der Waals surface area contributed by atoms with Crippen molar-refractivity contribution in [1.29, 1.82) is 0 Å². The summed E-state index contributed by atoms with van der Waals surface area (Å²) in [5.74, 6) is 0. The van der Waals surface area contributed by atoms with E-state index in [2.05, 4.69) is 68.9 Å². The lowest BCUT2D eigenvalue weighted by molar-refractivity contribution is 0.985. The van der Waals surface area contributed by atoms with E-state index in [0.29, 0.717) is 0 Å². The Bertz CT molecular complexity index is 762. The van der Waals surface area contributed by atoms with Gasteiger partial charge in [-0.15, -0.1) is 0 Å². The number of aryl methyl sites for hydroxylation is 2. The number of halogens is 1. The molecule has 1 N–H and O–H groups in total. The number of pyridine rings is 1. The van der Waals surface area contributed by atoms with Crippen molar-refractivity contribution in [3.05, 3.63) is 64.0 Å².